The van der Waals surface area contributed by atoms with Crippen LogP contribution in [0.5, 0.6) is 0 Å². The van der Waals surface area contributed by atoms with Crippen LogP contribution in [0.4, 0.5) is 0 Å². The van der Waals surface area contributed by atoms with Gasteiger partial charge in [-0.15, -0.1) is 0 Å². The summed E-state index contributed by atoms with van der Waals surface area (Å²) in [6.07, 6.45) is 19.7. The van der Waals surface area contributed by atoms with Crippen molar-refractivity contribution in [2.75, 3.05) is 13.2 Å². The van der Waals surface area contributed by atoms with Gasteiger partial charge in [0.05, 0.1) is 12.7 Å². The monoisotopic (exact) mass is 356 g/mol. The van der Waals surface area contributed by atoms with Crippen LogP contribution < -0.4 is 0 Å². The number of aliphatic hydroxyl groups is 1. The van der Waals surface area contributed by atoms with Gasteiger partial charge in [-0.2, -0.15) is 0 Å². The predicted octanol–water partition coefficient (Wildman–Crippen LogP) is 6.37. The number of aliphatic hydroxyl groups excluding tert-OH is 1. The minimum Gasteiger partial charge on any atom is -0.396 e. The van der Waals surface area contributed by atoms with Crippen LogP contribution in [0, 0.1) is 0 Å². The largest absolute Gasteiger partial charge is 0.396 e. The molecule has 2 atom stereocenters. The van der Waals surface area contributed by atoms with Gasteiger partial charge in [-0.05, 0) is 32.1 Å². The maximum atomic E-state index is 8.96. The summed E-state index contributed by atoms with van der Waals surface area (Å²) in [5, 5.41) is 8.96. The summed E-state index contributed by atoms with van der Waals surface area (Å²) in [6.45, 7) is 5.56. The molecule has 3 heteroatoms. The van der Waals surface area contributed by atoms with Crippen LogP contribution in [0.3, 0.4) is 0 Å². The second kappa shape index (κ2) is 15.0. The Kier molecular flexibility index (Phi) is 13.7. The molecule has 1 fully saturated rings. The van der Waals surface area contributed by atoms with E-state index in [2.05, 4.69) is 13.8 Å². The molecule has 1 aliphatic heterocycles. The molecule has 3 nitrogen and oxygen atoms in total. The first-order chi connectivity index (χ1) is 12.3. The lowest BCUT2D eigenvalue weighted by molar-refractivity contribution is -0.180. The summed E-state index contributed by atoms with van der Waals surface area (Å²) >= 11 is 0. The Labute approximate surface area is 156 Å². The molecule has 1 rings (SSSR count). The van der Waals surface area contributed by atoms with Crippen molar-refractivity contribution in [1.29, 1.82) is 0 Å². The normalized spacial score (nSPS) is 23.4. The van der Waals surface area contributed by atoms with Crippen molar-refractivity contribution in [3.8, 4) is 0 Å². The Balaban J connectivity index is 2.30. The second-order valence-corrected chi connectivity index (χ2v) is 7.86. The number of hydrogen-bond donors (Lipinski definition) is 1. The van der Waals surface area contributed by atoms with Gasteiger partial charge in [0.1, 0.15) is 0 Å². The van der Waals surface area contributed by atoms with Crippen molar-refractivity contribution in [3.05, 3.63) is 0 Å². The molecule has 1 aliphatic rings. The van der Waals surface area contributed by atoms with Crippen molar-refractivity contribution in [3.63, 3.8) is 0 Å². The number of ether oxygens (including phenoxy) is 2. The van der Waals surface area contributed by atoms with Gasteiger partial charge < -0.3 is 14.6 Å². The third kappa shape index (κ3) is 10.6. The van der Waals surface area contributed by atoms with Crippen molar-refractivity contribution in [2.45, 2.75) is 128 Å². The van der Waals surface area contributed by atoms with E-state index in [0.717, 1.165) is 38.7 Å². The molecule has 0 aromatic heterocycles. The molecule has 150 valence electrons. The highest BCUT2D eigenvalue weighted by Crippen LogP contribution is 2.36. The molecule has 1 N–H and O–H groups in total. The molecular formula is C22H44O3. The fraction of sp³-hybridized carbons (Fsp3) is 1.00. The lowest BCUT2D eigenvalue weighted by atomic mass is 9.99. The van der Waals surface area contributed by atoms with Gasteiger partial charge in [-0.3, -0.25) is 0 Å². The minimum atomic E-state index is -0.305. The molecule has 0 amide bonds. The summed E-state index contributed by atoms with van der Waals surface area (Å²) in [4.78, 5) is 0. The zero-order valence-corrected chi connectivity index (χ0v) is 17.1. The van der Waals surface area contributed by atoms with Gasteiger partial charge >= 0.3 is 0 Å². The Bertz CT molecular complexity index is 295. The molecule has 0 aromatic rings. The third-order valence-corrected chi connectivity index (χ3v) is 5.42. The molecule has 1 saturated heterocycles. The second-order valence-electron chi connectivity index (χ2n) is 7.86. The molecule has 0 aliphatic carbocycles. The fourth-order valence-corrected chi connectivity index (χ4v) is 3.80. The average Bonchev–Trinajstić information content (AvgIpc) is 3.02. The average molecular weight is 357 g/mol. The summed E-state index contributed by atoms with van der Waals surface area (Å²) in [6, 6.07) is 0. The van der Waals surface area contributed by atoms with E-state index in [-0.39, 0.29) is 18.5 Å². The van der Waals surface area contributed by atoms with Crippen LogP contribution in [0.25, 0.3) is 0 Å². The van der Waals surface area contributed by atoms with Crippen molar-refractivity contribution in [1.82, 2.24) is 0 Å². The van der Waals surface area contributed by atoms with E-state index >= 15 is 0 Å². The smallest absolute Gasteiger partial charge is 0.168 e. The molecule has 0 spiro atoms. The zero-order valence-electron chi connectivity index (χ0n) is 17.1. The molecular weight excluding hydrogens is 312 g/mol. The maximum Gasteiger partial charge on any atom is 0.168 e. The zero-order chi connectivity index (χ0) is 18.2. The summed E-state index contributed by atoms with van der Waals surface area (Å²) < 4.78 is 12.6. The first-order valence-corrected chi connectivity index (χ1v) is 11.2. The van der Waals surface area contributed by atoms with Crippen LogP contribution in [0.15, 0.2) is 0 Å². The summed E-state index contributed by atoms with van der Waals surface area (Å²) in [7, 11) is 0. The van der Waals surface area contributed by atoms with Crippen molar-refractivity contribution in [2.24, 2.45) is 0 Å². The predicted molar refractivity (Wildman–Crippen MR) is 106 cm³/mol. The van der Waals surface area contributed by atoms with E-state index in [0.29, 0.717) is 0 Å². The van der Waals surface area contributed by atoms with E-state index in [1.165, 1.54) is 70.6 Å². The van der Waals surface area contributed by atoms with Crippen LogP contribution >= 0.6 is 0 Å². The lowest BCUT2D eigenvalue weighted by Crippen LogP contribution is -2.31. The third-order valence-electron chi connectivity index (χ3n) is 5.42. The summed E-state index contributed by atoms with van der Waals surface area (Å²) in [5.41, 5.74) is 0. The Morgan fingerprint density at radius 3 is 1.92 bits per heavy atom. The Morgan fingerprint density at radius 1 is 0.760 bits per heavy atom. The van der Waals surface area contributed by atoms with Gasteiger partial charge in [0.2, 0.25) is 0 Å². The Morgan fingerprint density at radius 2 is 1.32 bits per heavy atom. The summed E-state index contributed by atoms with van der Waals surface area (Å²) in [5.74, 6) is -0.305. The van der Waals surface area contributed by atoms with Crippen LogP contribution in [-0.2, 0) is 9.47 Å². The first kappa shape index (κ1) is 22.9. The van der Waals surface area contributed by atoms with E-state index in [4.69, 9.17) is 14.6 Å². The maximum absolute atomic E-state index is 8.96. The van der Waals surface area contributed by atoms with E-state index in [9.17, 15) is 0 Å². The van der Waals surface area contributed by atoms with E-state index in [1.54, 1.807) is 0 Å². The van der Waals surface area contributed by atoms with Gasteiger partial charge in [0, 0.05) is 19.4 Å². The van der Waals surface area contributed by atoms with Crippen molar-refractivity contribution >= 4 is 0 Å². The molecule has 1 heterocycles. The van der Waals surface area contributed by atoms with Crippen LogP contribution in [0.2, 0.25) is 0 Å². The van der Waals surface area contributed by atoms with Gasteiger partial charge in [0.15, 0.2) is 5.79 Å². The highest BCUT2D eigenvalue weighted by Gasteiger charge is 2.40. The molecule has 25 heavy (non-hydrogen) atoms. The van der Waals surface area contributed by atoms with Crippen molar-refractivity contribution < 1.29 is 14.6 Å². The van der Waals surface area contributed by atoms with Crippen LogP contribution in [-0.4, -0.2) is 30.2 Å². The number of rotatable bonds is 17. The molecule has 0 saturated carbocycles. The number of unbranched alkanes of at least 4 members (excludes halogenated alkanes) is 10. The van der Waals surface area contributed by atoms with Gasteiger partial charge in [0.25, 0.3) is 0 Å². The van der Waals surface area contributed by atoms with Gasteiger partial charge in [-0.1, -0.05) is 71.6 Å². The highest BCUT2D eigenvalue weighted by molar-refractivity contribution is 4.79. The van der Waals surface area contributed by atoms with E-state index in [1.807, 2.05) is 0 Å². The van der Waals surface area contributed by atoms with E-state index < -0.39 is 0 Å². The standard InChI is InChI=1S/C22H44O3/c1-3-5-7-9-10-11-14-18-22(17-13-8-6-4-2)24-20-21(25-22)16-12-15-19-23/h21,23H,3-20H2,1-2H3. The number of hydrogen-bond acceptors (Lipinski definition) is 3. The molecule has 0 bridgehead atoms. The quantitative estimate of drug-likeness (QED) is 0.308. The fourth-order valence-electron chi connectivity index (χ4n) is 3.80. The molecule has 0 radical (unpaired) electrons. The topological polar surface area (TPSA) is 38.7 Å². The molecule has 2 unspecified atom stereocenters. The van der Waals surface area contributed by atoms with Gasteiger partial charge in [-0.25, -0.2) is 0 Å². The lowest BCUT2D eigenvalue weighted by Gasteiger charge is -2.28. The molecule has 0 aromatic carbocycles. The first-order valence-electron chi connectivity index (χ1n) is 11.2. The van der Waals surface area contributed by atoms with Crippen LogP contribution in [0.1, 0.15) is 117 Å². The SMILES string of the molecule is CCCCCCCCCC1(CCCCCC)OCC(CCCCO)O1. The highest BCUT2D eigenvalue weighted by atomic mass is 16.7. The Hall–Kier alpha value is -0.120. The minimum absolute atomic E-state index is 0.238.